The van der Waals surface area contributed by atoms with Crippen molar-refractivity contribution in [1.82, 2.24) is 4.98 Å². The molecule has 0 aliphatic heterocycles. The molecule has 0 aliphatic carbocycles. The number of Topliss-reactive ketones (excluding diaryl/α,β-unsaturated/α-hetero) is 1. The Bertz CT molecular complexity index is 303. The monoisotopic (exact) mass is 175 g/mol. The Morgan fingerprint density at radius 3 is 2.92 bits per heavy atom. The molecule has 0 spiro atoms. The van der Waals surface area contributed by atoms with Crippen molar-refractivity contribution in [2.75, 3.05) is 0 Å². The molecule has 1 aromatic rings. The van der Waals surface area contributed by atoms with Gasteiger partial charge in [0.25, 0.3) is 0 Å². The molecule has 1 rings (SSSR count). The second-order valence-corrected chi connectivity index (χ2v) is 2.92. The van der Waals surface area contributed by atoms with Crippen LogP contribution in [0.3, 0.4) is 0 Å². The van der Waals surface area contributed by atoms with Crippen LogP contribution in [0, 0.1) is 5.92 Å². The van der Waals surface area contributed by atoms with Crippen LogP contribution < -0.4 is 0 Å². The molecule has 0 aliphatic rings. The number of nitrogens with zero attached hydrogens (tertiary/aromatic N) is 1. The molecule has 0 aromatic carbocycles. The predicted octanol–water partition coefficient (Wildman–Crippen LogP) is 2.48. The summed E-state index contributed by atoms with van der Waals surface area (Å²) in [5.74, 6) is 0.0559. The Kier molecular flexibility index (Phi) is 3.38. The van der Waals surface area contributed by atoms with Crippen LogP contribution in [0.2, 0.25) is 0 Å². The number of carbonyl (C=O) groups is 1. The SMILES string of the molecule is C/C=C/[C@H](C)C(=O)c1cccnc1. The van der Waals surface area contributed by atoms with Gasteiger partial charge in [-0.3, -0.25) is 9.78 Å². The zero-order valence-corrected chi connectivity index (χ0v) is 7.90. The second kappa shape index (κ2) is 4.55. The fraction of sp³-hybridized carbons (Fsp3) is 0.273. The van der Waals surface area contributed by atoms with Gasteiger partial charge in [0.2, 0.25) is 0 Å². The highest BCUT2D eigenvalue weighted by atomic mass is 16.1. The number of ketones is 1. The number of rotatable bonds is 3. The molecule has 0 radical (unpaired) electrons. The van der Waals surface area contributed by atoms with Gasteiger partial charge in [0.05, 0.1) is 0 Å². The van der Waals surface area contributed by atoms with Crippen LogP contribution in [0.5, 0.6) is 0 Å². The van der Waals surface area contributed by atoms with Gasteiger partial charge in [0.1, 0.15) is 0 Å². The van der Waals surface area contributed by atoms with Crippen molar-refractivity contribution >= 4 is 5.78 Å². The highest BCUT2D eigenvalue weighted by Gasteiger charge is 2.11. The van der Waals surface area contributed by atoms with E-state index in [9.17, 15) is 4.79 Å². The molecule has 0 bridgehead atoms. The minimum atomic E-state index is -0.0609. The lowest BCUT2D eigenvalue weighted by Crippen LogP contribution is -2.08. The molecule has 1 aromatic heterocycles. The van der Waals surface area contributed by atoms with Crippen molar-refractivity contribution in [3.05, 3.63) is 42.2 Å². The first kappa shape index (κ1) is 9.65. The Morgan fingerprint density at radius 1 is 1.62 bits per heavy atom. The number of carbonyl (C=O) groups excluding carboxylic acids is 1. The summed E-state index contributed by atoms with van der Waals surface area (Å²) in [5.41, 5.74) is 0.674. The Balaban J connectivity index is 2.80. The normalized spacial score (nSPS) is 13.1. The number of aromatic nitrogens is 1. The first-order chi connectivity index (χ1) is 6.25. The van der Waals surface area contributed by atoms with Gasteiger partial charge >= 0.3 is 0 Å². The molecular formula is C11H13NO. The lowest BCUT2D eigenvalue weighted by atomic mass is 10.0. The number of pyridine rings is 1. The van der Waals surface area contributed by atoms with Crippen LogP contribution >= 0.6 is 0 Å². The topological polar surface area (TPSA) is 30.0 Å². The Hall–Kier alpha value is -1.44. The molecule has 0 fully saturated rings. The quantitative estimate of drug-likeness (QED) is 0.521. The van der Waals surface area contributed by atoms with Crippen LogP contribution in [0.25, 0.3) is 0 Å². The molecule has 68 valence electrons. The van der Waals surface area contributed by atoms with Crippen LogP contribution in [0.4, 0.5) is 0 Å². The van der Waals surface area contributed by atoms with E-state index in [2.05, 4.69) is 4.98 Å². The van der Waals surface area contributed by atoms with Gasteiger partial charge in [-0.05, 0) is 19.1 Å². The van der Waals surface area contributed by atoms with E-state index >= 15 is 0 Å². The van der Waals surface area contributed by atoms with Gasteiger partial charge in [-0.1, -0.05) is 19.1 Å². The lowest BCUT2D eigenvalue weighted by Gasteiger charge is -2.03. The molecular weight excluding hydrogens is 162 g/mol. The van der Waals surface area contributed by atoms with Crippen molar-refractivity contribution in [2.45, 2.75) is 13.8 Å². The average Bonchev–Trinajstić information content (AvgIpc) is 2.18. The highest BCUT2D eigenvalue weighted by molar-refractivity contribution is 5.98. The maximum Gasteiger partial charge on any atom is 0.170 e. The molecule has 1 atom stereocenters. The highest BCUT2D eigenvalue weighted by Crippen LogP contribution is 2.08. The molecule has 0 saturated carbocycles. The maximum absolute atomic E-state index is 11.6. The first-order valence-electron chi connectivity index (χ1n) is 4.32. The van der Waals surface area contributed by atoms with E-state index in [4.69, 9.17) is 0 Å². The minimum absolute atomic E-state index is 0.0609. The third kappa shape index (κ3) is 2.51. The average molecular weight is 175 g/mol. The first-order valence-corrected chi connectivity index (χ1v) is 4.32. The largest absolute Gasteiger partial charge is 0.293 e. The van der Waals surface area contributed by atoms with Crippen molar-refractivity contribution in [1.29, 1.82) is 0 Å². The Labute approximate surface area is 78.3 Å². The third-order valence-electron chi connectivity index (χ3n) is 1.84. The molecule has 0 unspecified atom stereocenters. The number of allylic oxidation sites excluding steroid dienone is 2. The van der Waals surface area contributed by atoms with Gasteiger partial charge in [0.15, 0.2) is 5.78 Å². The van der Waals surface area contributed by atoms with Crippen molar-refractivity contribution < 1.29 is 4.79 Å². The number of hydrogen-bond acceptors (Lipinski definition) is 2. The molecule has 13 heavy (non-hydrogen) atoms. The minimum Gasteiger partial charge on any atom is -0.293 e. The molecule has 2 nitrogen and oxygen atoms in total. The van der Waals surface area contributed by atoms with Gasteiger partial charge in [-0.2, -0.15) is 0 Å². The van der Waals surface area contributed by atoms with Crippen molar-refractivity contribution in [3.63, 3.8) is 0 Å². The standard InChI is InChI=1S/C11H13NO/c1-3-5-9(2)11(13)10-6-4-7-12-8-10/h3-9H,1-2H3/b5-3+/t9-/m0/s1. The fourth-order valence-corrected chi connectivity index (χ4v) is 1.15. The summed E-state index contributed by atoms with van der Waals surface area (Å²) in [4.78, 5) is 15.5. The van der Waals surface area contributed by atoms with E-state index < -0.39 is 0 Å². The lowest BCUT2D eigenvalue weighted by molar-refractivity contribution is 0.0953. The van der Waals surface area contributed by atoms with Crippen LogP contribution in [0.15, 0.2) is 36.7 Å². The molecule has 1 heterocycles. The van der Waals surface area contributed by atoms with E-state index in [0.29, 0.717) is 5.56 Å². The Morgan fingerprint density at radius 2 is 2.38 bits per heavy atom. The number of hydrogen-bond donors (Lipinski definition) is 0. The zero-order chi connectivity index (χ0) is 9.68. The smallest absolute Gasteiger partial charge is 0.170 e. The summed E-state index contributed by atoms with van der Waals surface area (Å²) in [6.07, 6.45) is 7.04. The van der Waals surface area contributed by atoms with Gasteiger partial charge in [-0.15, -0.1) is 0 Å². The second-order valence-electron chi connectivity index (χ2n) is 2.92. The summed E-state index contributed by atoms with van der Waals surface area (Å²) in [5, 5.41) is 0. The van der Waals surface area contributed by atoms with E-state index in [1.54, 1.807) is 24.5 Å². The summed E-state index contributed by atoms with van der Waals surface area (Å²) in [6, 6.07) is 3.56. The summed E-state index contributed by atoms with van der Waals surface area (Å²) >= 11 is 0. The van der Waals surface area contributed by atoms with Crippen LogP contribution in [0.1, 0.15) is 24.2 Å². The van der Waals surface area contributed by atoms with Gasteiger partial charge in [-0.25, -0.2) is 0 Å². The van der Waals surface area contributed by atoms with Crippen LogP contribution in [-0.2, 0) is 0 Å². The van der Waals surface area contributed by atoms with Crippen molar-refractivity contribution in [3.8, 4) is 0 Å². The van der Waals surface area contributed by atoms with E-state index in [-0.39, 0.29) is 11.7 Å². The fourth-order valence-electron chi connectivity index (χ4n) is 1.15. The van der Waals surface area contributed by atoms with E-state index in [1.807, 2.05) is 26.0 Å². The van der Waals surface area contributed by atoms with E-state index in [1.165, 1.54) is 0 Å². The molecule has 0 amide bonds. The molecule has 0 N–H and O–H groups in total. The maximum atomic E-state index is 11.6. The van der Waals surface area contributed by atoms with Gasteiger partial charge in [0, 0.05) is 23.9 Å². The van der Waals surface area contributed by atoms with E-state index in [0.717, 1.165) is 0 Å². The molecule has 0 saturated heterocycles. The summed E-state index contributed by atoms with van der Waals surface area (Å²) < 4.78 is 0. The van der Waals surface area contributed by atoms with Gasteiger partial charge < -0.3 is 0 Å². The third-order valence-corrected chi connectivity index (χ3v) is 1.84. The van der Waals surface area contributed by atoms with Crippen molar-refractivity contribution in [2.24, 2.45) is 5.92 Å². The predicted molar refractivity (Wildman–Crippen MR) is 52.5 cm³/mol. The zero-order valence-electron chi connectivity index (χ0n) is 7.90. The summed E-state index contributed by atoms with van der Waals surface area (Å²) in [7, 11) is 0. The van der Waals surface area contributed by atoms with Crippen LogP contribution in [-0.4, -0.2) is 10.8 Å². The molecule has 2 heteroatoms. The summed E-state index contributed by atoms with van der Waals surface area (Å²) in [6.45, 7) is 3.79.